The lowest BCUT2D eigenvalue weighted by Crippen LogP contribution is -2.30. The number of rotatable bonds is 5. The molecule has 3 rings (SSSR count). The molecule has 0 aromatic carbocycles. The number of fused-ring (bicyclic) bond motifs is 1. The first-order chi connectivity index (χ1) is 10.2. The Morgan fingerprint density at radius 2 is 2.29 bits per heavy atom. The molecule has 0 aliphatic carbocycles. The van der Waals surface area contributed by atoms with Crippen molar-refractivity contribution in [3.05, 3.63) is 36.2 Å². The molecule has 21 heavy (non-hydrogen) atoms. The van der Waals surface area contributed by atoms with Crippen LogP contribution in [0.3, 0.4) is 0 Å². The molecule has 0 saturated carbocycles. The number of amides is 2. The summed E-state index contributed by atoms with van der Waals surface area (Å²) in [4.78, 5) is 25.3. The van der Waals surface area contributed by atoms with Crippen LogP contribution in [0.4, 0.5) is 0 Å². The summed E-state index contributed by atoms with van der Waals surface area (Å²) in [5.41, 5.74) is 1.31. The maximum atomic E-state index is 12.0. The molecule has 1 aliphatic heterocycles. The largest absolute Gasteiger partial charge is 0.351 e. The number of carbonyl (C=O) groups is 2. The number of aromatic nitrogens is 2. The monoisotopic (exact) mass is 286 g/mol. The van der Waals surface area contributed by atoms with Crippen molar-refractivity contribution in [1.82, 2.24) is 19.8 Å². The molecule has 2 aromatic heterocycles. The van der Waals surface area contributed by atoms with Crippen LogP contribution in [0.15, 0.2) is 30.5 Å². The number of hydrogen-bond donors (Lipinski definition) is 1. The molecule has 1 aliphatic rings. The van der Waals surface area contributed by atoms with E-state index in [0.29, 0.717) is 25.2 Å². The summed E-state index contributed by atoms with van der Waals surface area (Å²) < 4.78 is 1.68. The van der Waals surface area contributed by atoms with Crippen LogP contribution in [0, 0.1) is 0 Å². The maximum absolute atomic E-state index is 12.0. The molecule has 0 bridgehead atoms. The summed E-state index contributed by atoms with van der Waals surface area (Å²) in [5.74, 6) is 0.0492. The molecule has 0 radical (unpaired) electrons. The lowest BCUT2D eigenvalue weighted by Gasteiger charge is -2.14. The molecule has 0 unspecified atom stereocenters. The molecule has 1 fully saturated rings. The number of nitrogens with zero attached hydrogens (tertiary/aromatic N) is 3. The minimum atomic E-state index is -0.175. The van der Waals surface area contributed by atoms with Crippen LogP contribution < -0.4 is 5.32 Å². The van der Waals surface area contributed by atoms with Crippen LogP contribution in [0.2, 0.25) is 0 Å². The fourth-order valence-corrected chi connectivity index (χ4v) is 2.55. The van der Waals surface area contributed by atoms with Gasteiger partial charge < -0.3 is 10.2 Å². The second-order valence-electron chi connectivity index (χ2n) is 5.19. The third-order valence-electron chi connectivity index (χ3n) is 3.66. The van der Waals surface area contributed by atoms with Gasteiger partial charge in [-0.25, -0.2) is 4.52 Å². The number of carbonyl (C=O) groups excluding carboxylic acids is 2. The predicted molar refractivity (Wildman–Crippen MR) is 78.0 cm³/mol. The first kappa shape index (κ1) is 13.6. The molecular formula is C15H18N4O2. The summed E-state index contributed by atoms with van der Waals surface area (Å²) in [6.07, 6.45) is 4.19. The highest BCUT2D eigenvalue weighted by molar-refractivity contribution is 5.93. The second-order valence-corrected chi connectivity index (χ2v) is 5.19. The van der Waals surface area contributed by atoms with E-state index in [0.717, 1.165) is 24.9 Å². The Bertz CT molecular complexity index is 631. The molecule has 1 saturated heterocycles. The van der Waals surface area contributed by atoms with E-state index in [1.807, 2.05) is 29.3 Å². The first-order valence-electron chi connectivity index (χ1n) is 7.24. The van der Waals surface area contributed by atoms with Crippen molar-refractivity contribution in [3.8, 4) is 0 Å². The standard InChI is InChI=1S/C15H18N4O2/c20-14-6-3-8-18(14)9-4-7-16-15(21)13-11-12-5-1-2-10-19(12)17-13/h1-2,5,10-11H,3-4,6-9H2,(H,16,21). The third-order valence-corrected chi connectivity index (χ3v) is 3.66. The summed E-state index contributed by atoms with van der Waals surface area (Å²) >= 11 is 0. The first-order valence-corrected chi connectivity index (χ1v) is 7.24. The van der Waals surface area contributed by atoms with Crippen LogP contribution in [0.25, 0.3) is 5.52 Å². The van der Waals surface area contributed by atoms with Gasteiger partial charge in [0.2, 0.25) is 5.91 Å². The minimum Gasteiger partial charge on any atom is -0.351 e. The maximum Gasteiger partial charge on any atom is 0.271 e. The molecule has 1 N–H and O–H groups in total. The van der Waals surface area contributed by atoms with Crippen molar-refractivity contribution in [3.63, 3.8) is 0 Å². The van der Waals surface area contributed by atoms with Crippen LogP contribution in [-0.2, 0) is 4.79 Å². The molecule has 2 amide bonds. The van der Waals surface area contributed by atoms with Gasteiger partial charge in [0, 0.05) is 32.3 Å². The van der Waals surface area contributed by atoms with E-state index in [-0.39, 0.29) is 11.8 Å². The number of likely N-dealkylation sites (tertiary alicyclic amines) is 1. The Morgan fingerprint density at radius 1 is 1.38 bits per heavy atom. The molecule has 6 heteroatoms. The van der Waals surface area contributed by atoms with Gasteiger partial charge >= 0.3 is 0 Å². The Kier molecular flexibility index (Phi) is 3.85. The summed E-state index contributed by atoms with van der Waals surface area (Å²) in [7, 11) is 0. The zero-order valence-corrected chi connectivity index (χ0v) is 11.8. The highest BCUT2D eigenvalue weighted by Crippen LogP contribution is 2.09. The molecule has 3 heterocycles. The van der Waals surface area contributed by atoms with E-state index in [1.165, 1.54) is 0 Å². The Labute approximate surface area is 122 Å². The van der Waals surface area contributed by atoms with Gasteiger partial charge in [0.25, 0.3) is 5.91 Å². The van der Waals surface area contributed by atoms with Crippen LogP contribution >= 0.6 is 0 Å². The van der Waals surface area contributed by atoms with Gasteiger partial charge in [-0.1, -0.05) is 6.07 Å². The molecule has 2 aromatic rings. The van der Waals surface area contributed by atoms with Crippen LogP contribution in [-0.4, -0.2) is 46.0 Å². The zero-order valence-electron chi connectivity index (χ0n) is 11.8. The van der Waals surface area contributed by atoms with E-state index in [4.69, 9.17) is 0 Å². The molecule has 0 spiro atoms. The van der Waals surface area contributed by atoms with Gasteiger partial charge in [-0.3, -0.25) is 9.59 Å². The van der Waals surface area contributed by atoms with E-state index in [1.54, 1.807) is 10.6 Å². The van der Waals surface area contributed by atoms with E-state index in [9.17, 15) is 9.59 Å². The fourth-order valence-electron chi connectivity index (χ4n) is 2.55. The Balaban J connectivity index is 1.48. The number of nitrogens with one attached hydrogen (secondary N) is 1. The van der Waals surface area contributed by atoms with Crippen molar-refractivity contribution in [2.75, 3.05) is 19.6 Å². The highest BCUT2D eigenvalue weighted by Gasteiger charge is 2.19. The lowest BCUT2D eigenvalue weighted by atomic mass is 10.3. The Morgan fingerprint density at radius 3 is 3.05 bits per heavy atom. The van der Waals surface area contributed by atoms with Crippen LogP contribution in [0.1, 0.15) is 29.8 Å². The van der Waals surface area contributed by atoms with E-state index < -0.39 is 0 Å². The van der Waals surface area contributed by atoms with E-state index >= 15 is 0 Å². The smallest absolute Gasteiger partial charge is 0.271 e. The predicted octanol–water partition coefficient (Wildman–Crippen LogP) is 1.08. The van der Waals surface area contributed by atoms with Gasteiger partial charge in [0.15, 0.2) is 5.69 Å². The van der Waals surface area contributed by atoms with Crippen molar-refractivity contribution in [2.45, 2.75) is 19.3 Å². The van der Waals surface area contributed by atoms with Gasteiger partial charge in [0.1, 0.15) is 0 Å². The average Bonchev–Trinajstić information content (AvgIpc) is 3.09. The van der Waals surface area contributed by atoms with Gasteiger partial charge in [-0.2, -0.15) is 5.10 Å². The van der Waals surface area contributed by atoms with Crippen molar-refractivity contribution >= 4 is 17.3 Å². The minimum absolute atomic E-state index is 0.175. The van der Waals surface area contributed by atoms with Crippen LogP contribution in [0.5, 0.6) is 0 Å². The zero-order chi connectivity index (χ0) is 14.7. The molecule has 6 nitrogen and oxygen atoms in total. The fraction of sp³-hybridized carbons (Fsp3) is 0.400. The van der Waals surface area contributed by atoms with Crippen molar-refractivity contribution < 1.29 is 9.59 Å². The van der Waals surface area contributed by atoms with Crippen molar-refractivity contribution in [1.29, 1.82) is 0 Å². The molecule has 0 atom stereocenters. The molecular weight excluding hydrogens is 268 g/mol. The summed E-state index contributed by atoms with van der Waals surface area (Å²) in [6.45, 7) is 2.11. The van der Waals surface area contributed by atoms with Gasteiger partial charge in [-0.15, -0.1) is 0 Å². The number of pyridine rings is 1. The van der Waals surface area contributed by atoms with E-state index in [2.05, 4.69) is 10.4 Å². The lowest BCUT2D eigenvalue weighted by molar-refractivity contribution is -0.127. The second kappa shape index (κ2) is 5.95. The normalized spacial score (nSPS) is 14.9. The van der Waals surface area contributed by atoms with Gasteiger partial charge in [-0.05, 0) is 31.0 Å². The average molecular weight is 286 g/mol. The quantitative estimate of drug-likeness (QED) is 0.836. The highest BCUT2D eigenvalue weighted by atomic mass is 16.2. The van der Waals surface area contributed by atoms with Crippen molar-refractivity contribution in [2.24, 2.45) is 0 Å². The van der Waals surface area contributed by atoms with Gasteiger partial charge in [0.05, 0.1) is 5.52 Å². The summed E-state index contributed by atoms with van der Waals surface area (Å²) in [6, 6.07) is 7.45. The summed E-state index contributed by atoms with van der Waals surface area (Å²) in [5, 5.41) is 7.07. The Hall–Kier alpha value is -2.37. The molecule has 110 valence electrons. The third kappa shape index (κ3) is 3.04. The number of hydrogen-bond acceptors (Lipinski definition) is 3. The topological polar surface area (TPSA) is 66.7 Å². The SMILES string of the molecule is O=C(NCCCN1CCCC1=O)c1cc2ccccn2n1.